The highest BCUT2D eigenvalue weighted by molar-refractivity contribution is 6.13. The molecule has 3 rings (SSSR count). The van der Waals surface area contributed by atoms with Crippen molar-refractivity contribution in [3.63, 3.8) is 0 Å². The molecule has 4 nitrogen and oxygen atoms in total. The van der Waals surface area contributed by atoms with E-state index in [-0.39, 0.29) is 12.4 Å². The van der Waals surface area contributed by atoms with Crippen LogP contribution in [0.3, 0.4) is 0 Å². The van der Waals surface area contributed by atoms with Crippen LogP contribution in [0.4, 0.5) is 0 Å². The predicted octanol–water partition coefficient (Wildman–Crippen LogP) is 4.43. The van der Waals surface area contributed by atoms with Crippen LogP contribution in [-0.4, -0.2) is 19.5 Å². The summed E-state index contributed by atoms with van der Waals surface area (Å²) in [6, 6.07) is 11.5. The number of ether oxygens (including phenoxy) is 2. The fourth-order valence-electron chi connectivity index (χ4n) is 3.42. The third-order valence-electron chi connectivity index (χ3n) is 4.62. The molecule has 0 heterocycles. The number of allylic oxidation sites excluding steroid dienone is 1. The molecule has 2 aromatic carbocycles. The number of fused-ring (bicyclic) bond motifs is 1. The van der Waals surface area contributed by atoms with Crippen molar-refractivity contribution in [2.75, 3.05) is 13.7 Å². The molecule has 0 aromatic heterocycles. The average Bonchev–Trinajstić information content (AvgIpc) is 2.63. The van der Waals surface area contributed by atoms with Crippen LogP contribution < -0.4 is 9.47 Å². The normalized spacial score (nSPS) is 14.7. The van der Waals surface area contributed by atoms with Gasteiger partial charge < -0.3 is 9.47 Å². The quantitative estimate of drug-likeness (QED) is 0.768. The van der Waals surface area contributed by atoms with Crippen LogP contribution in [0.15, 0.2) is 35.9 Å². The molecule has 0 bridgehead atoms. The predicted molar refractivity (Wildman–Crippen MR) is 101 cm³/mol. The minimum atomic E-state index is -0.0369. The fourth-order valence-corrected chi connectivity index (χ4v) is 3.42. The van der Waals surface area contributed by atoms with Crippen LogP contribution in [-0.2, 0) is 6.42 Å². The molecule has 4 heteroatoms. The number of hydrogen-bond donors (Lipinski definition) is 0. The molecule has 2 aromatic rings. The minimum absolute atomic E-state index is 0.0369. The first-order valence-corrected chi connectivity index (χ1v) is 8.56. The fraction of sp³-hybridized carbons (Fsp3) is 0.273. The number of aryl methyl sites for hydroxylation is 2. The minimum Gasteiger partial charge on any atom is -0.493 e. The molecule has 0 aliphatic heterocycles. The van der Waals surface area contributed by atoms with Gasteiger partial charge in [-0.1, -0.05) is 17.7 Å². The Hall–Kier alpha value is -3.06. The molecule has 0 saturated carbocycles. The van der Waals surface area contributed by atoms with E-state index in [1.54, 1.807) is 13.2 Å². The Labute approximate surface area is 153 Å². The molecule has 0 atom stereocenters. The third kappa shape index (κ3) is 3.48. The second-order valence-corrected chi connectivity index (χ2v) is 6.46. The van der Waals surface area contributed by atoms with Gasteiger partial charge in [0.15, 0.2) is 23.9 Å². The van der Waals surface area contributed by atoms with Crippen LogP contribution in [0.5, 0.6) is 11.5 Å². The van der Waals surface area contributed by atoms with Gasteiger partial charge in [-0.25, -0.2) is 0 Å². The van der Waals surface area contributed by atoms with E-state index in [4.69, 9.17) is 14.7 Å². The van der Waals surface area contributed by atoms with Crippen molar-refractivity contribution in [2.24, 2.45) is 0 Å². The first-order valence-electron chi connectivity index (χ1n) is 8.56. The molecule has 0 fully saturated rings. The lowest BCUT2D eigenvalue weighted by Gasteiger charge is -2.20. The first kappa shape index (κ1) is 17.8. The third-order valence-corrected chi connectivity index (χ3v) is 4.62. The maximum absolute atomic E-state index is 12.9. The molecule has 132 valence electrons. The Morgan fingerprint density at radius 1 is 1.15 bits per heavy atom. The summed E-state index contributed by atoms with van der Waals surface area (Å²) in [7, 11) is 1.55. The Balaban J connectivity index is 1.93. The summed E-state index contributed by atoms with van der Waals surface area (Å²) in [5, 5.41) is 8.65. The summed E-state index contributed by atoms with van der Waals surface area (Å²) >= 11 is 0. The van der Waals surface area contributed by atoms with E-state index in [1.165, 1.54) is 5.56 Å². The lowest BCUT2D eigenvalue weighted by atomic mass is 9.83. The number of methoxy groups -OCH3 is 1. The second kappa shape index (κ2) is 7.45. The molecule has 1 aliphatic carbocycles. The number of carbonyl (C=O) groups excluding carboxylic acids is 1. The second-order valence-electron chi connectivity index (χ2n) is 6.46. The lowest BCUT2D eigenvalue weighted by molar-refractivity contribution is 0.102. The number of benzene rings is 2. The molecule has 0 saturated heterocycles. The number of Topliss-reactive ketones (excluding diaryl/α,β-unsaturated/α-hetero) is 1. The number of nitriles is 1. The average molecular weight is 347 g/mol. The monoisotopic (exact) mass is 347 g/mol. The molecule has 26 heavy (non-hydrogen) atoms. The highest BCUT2D eigenvalue weighted by Gasteiger charge is 2.23. The Bertz CT molecular complexity index is 935. The summed E-state index contributed by atoms with van der Waals surface area (Å²) < 4.78 is 10.7. The highest BCUT2D eigenvalue weighted by Crippen LogP contribution is 2.32. The molecule has 0 unspecified atom stereocenters. The summed E-state index contributed by atoms with van der Waals surface area (Å²) in [6.07, 6.45) is 3.52. The number of nitrogens with zero attached hydrogens (tertiary/aromatic N) is 1. The van der Waals surface area contributed by atoms with Crippen molar-refractivity contribution in [3.8, 4) is 17.6 Å². The van der Waals surface area contributed by atoms with Gasteiger partial charge in [0.1, 0.15) is 6.07 Å². The van der Waals surface area contributed by atoms with E-state index in [0.29, 0.717) is 11.5 Å². The number of ketones is 1. The van der Waals surface area contributed by atoms with Crippen molar-refractivity contribution in [1.29, 1.82) is 5.26 Å². The van der Waals surface area contributed by atoms with Gasteiger partial charge in [0.25, 0.3) is 0 Å². The van der Waals surface area contributed by atoms with E-state index in [2.05, 4.69) is 13.0 Å². The van der Waals surface area contributed by atoms with Crippen molar-refractivity contribution >= 4 is 11.9 Å². The molecule has 0 radical (unpaired) electrons. The lowest BCUT2D eigenvalue weighted by Crippen LogP contribution is -2.15. The molecular formula is C22H21NO3. The molecule has 0 amide bonds. The largest absolute Gasteiger partial charge is 0.493 e. The smallest absolute Gasteiger partial charge is 0.189 e. The summed E-state index contributed by atoms with van der Waals surface area (Å²) in [5.74, 6) is 1.16. The van der Waals surface area contributed by atoms with Gasteiger partial charge in [-0.3, -0.25) is 4.79 Å². The first-order chi connectivity index (χ1) is 12.5. The molecule has 0 N–H and O–H groups in total. The van der Waals surface area contributed by atoms with Crippen LogP contribution >= 0.6 is 0 Å². The van der Waals surface area contributed by atoms with Crippen LogP contribution in [0.1, 0.15) is 39.0 Å². The van der Waals surface area contributed by atoms with Crippen LogP contribution in [0, 0.1) is 25.2 Å². The van der Waals surface area contributed by atoms with E-state index < -0.39 is 0 Å². The van der Waals surface area contributed by atoms with E-state index in [1.807, 2.05) is 37.3 Å². The number of carbonyl (C=O) groups is 1. The number of rotatable bonds is 4. The van der Waals surface area contributed by atoms with E-state index in [9.17, 15) is 4.79 Å². The summed E-state index contributed by atoms with van der Waals surface area (Å²) in [6.45, 7) is 4.05. The van der Waals surface area contributed by atoms with Gasteiger partial charge in [0.2, 0.25) is 0 Å². The topological polar surface area (TPSA) is 59.3 Å². The summed E-state index contributed by atoms with van der Waals surface area (Å²) in [4.78, 5) is 12.9. The summed E-state index contributed by atoms with van der Waals surface area (Å²) in [5.41, 5.74) is 5.96. The molecular weight excluding hydrogens is 326 g/mol. The van der Waals surface area contributed by atoms with Gasteiger partial charge >= 0.3 is 0 Å². The highest BCUT2D eigenvalue weighted by atomic mass is 16.5. The Morgan fingerprint density at radius 3 is 2.69 bits per heavy atom. The zero-order valence-electron chi connectivity index (χ0n) is 15.3. The van der Waals surface area contributed by atoms with Crippen molar-refractivity contribution in [2.45, 2.75) is 26.7 Å². The van der Waals surface area contributed by atoms with Gasteiger partial charge in [-0.2, -0.15) is 5.26 Å². The van der Waals surface area contributed by atoms with Gasteiger partial charge in [-0.05, 0) is 67.7 Å². The maximum atomic E-state index is 12.9. The van der Waals surface area contributed by atoms with Crippen molar-refractivity contribution < 1.29 is 14.3 Å². The molecule has 0 spiro atoms. The standard InChI is InChI=1S/C22H21NO3/c1-14-10-15(2)18-6-5-17(22(24)19(18)11-14)12-16-4-7-20(26-9-8-23)21(13-16)25-3/h4,7,10-13H,5-6,9H2,1-3H3. The zero-order valence-corrected chi connectivity index (χ0v) is 15.3. The van der Waals surface area contributed by atoms with Crippen LogP contribution in [0.25, 0.3) is 6.08 Å². The van der Waals surface area contributed by atoms with E-state index in [0.717, 1.165) is 40.7 Å². The number of hydrogen-bond acceptors (Lipinski definition) is 4. The van der Waals surface area contributed by atoms with Gasteiger partial charge in [0, 0.05) is 11.1 Å². The van der Waals surface area contributed by atoms with E-state index >= 15 is 0 Å². The van der Waals surface area contributed by atoms with Gasteiger partial charge in [0.05, 0.1) is 7.11 Å². The van der Waals surface area contributed by atoms with Gasteiger partial charge in [-0.15, -0.1) is 0 Å². The zero-order chi connectivity index (χ0) is 18.7. The van der Waals surface area contributed by atoms with Crippen molar-refractivity contribution in [1.82, 2.24) is 0 Å². The van der Waals surface area contributed by atoms with Crippen molar-refractivity contribution in [3.05, 3.63) is 63.7 Å². The van der Waals surface area contributed by atoms with Crippen LogP contribution in [0.2, 0.25) is 0 Å². The SMILES string of the molecule is COc1cc(C=C2CCc3c(C)cc(C)cc3C2=O)ccc1OCC#N. The Morgan fingerprint density at radius 2 is 1.96 bits per heavy atom. The molecule has 1 aliphatic rings. The Kier molecular flexibility index (Phi) is 5.09. The maximum Gasteiger partial charge on any atom is 0.189 e.